The molecule has 2 aromatic rings. The Morgan fingerprint density at radius 3 is 2.65 bits per heavy atom. The molecule has 162 valence electrons. The molecule has 2 aliphatic rings. The summed E-state index contributed by atoms with van der Waals surface area (Å²) in [4.78, 5) is 15.9. The number of carbonyl (C=O) groups is 1. The molecule has 2 heterocycles. The lowest BCUT2D eigenvalue weighted by Crippen LogP contribution is -2.43. The lowest BCUT2D eigenvalue weighted by atomic mass is 9.84. The highest BCUT2D eigenvalue weighted by Crippen LogP contribution is 2.40. The molecule has 1 N–H and O–H groups in total. The fourth-order valence-electron chi connectivity index (χ4n) is 4.03. The van der Waals surface area contributed by atoms with Crippen LogP contribution in [-0.2, 0) is 33.1 Å². The quantitative estimate of drug-likeness (QED) is 0.738. The van der Waals surface area contributed by atoms with Crippen LogP contribution in [0.3, 0.4) is 0 Å². The monoisotopic (exact) mass is 440 g/mol. The van der Waals surface area contributed by atoms with Gasteiger partial charge < -0.3 is 19.6 Å². The van der Waals surface area contributed by atoms with Crippen molar-refractivity contribution in [1.82, 2.24) is 5.32 Å². The van der Waals surface area contributed by atoms with Gasteiger partial charge in [0.15, 0.2) is 9.84 Å². The number of ether oxygens (including phenoxy) is 2. The molecule has 1 saturated heterocycles. The van der Waals surface area contributed by atoms with Gasteiger partial charge in [0.05, 0.1) is 17.5 Å². The highest BCUT2D eigenvalue weighted by molar-refractivity contribution is 7.91. The van der Waals surface area contributed by atoms with Crippen molar-refractivity contribution in [1.29, 1.82) is 0 Å². The molecular formula is C23H24N2O5S. The number of carbonyl (C=O) groups excluding carboxylic acids is 1. The van der Waals surface area contributed by atoms with Crippen molar-refractivity contribution in [2.45, 2.75) is 37.5 Å². The van der Waals surface area contributed by atoms with Crippen molar-refractivity contribution in [2.75, 3.05) is 18.1 Å². The van der Waals surface area contributed by atoms with Crippen LogP contribution >= 0.6 is 0 Å². The molecule has 4 rings (SSSR count). The SMILES string of the molecule is [C-]#[N+]C1(c2ccc3c(c2)OC[C@H](NC(=O)OCc2ccccc2)C3)CCS(=O)(=O)CC1. The van der Waals surface area contributed by atoms with Crippen LogP contribution in [0.25, 0.3) is 4.85 Å². The van der Waals surface area contributed by atoms with E-state index in [9.17, 15) is 13.2 Å². The smallest absolute Gasteiger partial charge is 0.407 e. The van der Waals surface area contributed by atoms with E-state index < -0.39 is 21.5 Å². The molecule has 0 bridgehead atoms. The van der Waals surface area contributed by atoms with Crippen LogP contribution in [0.4, 0.5) is 4.79 Å². The number of benzene rings is 2. The minimum atomic E-state index is -3.06. The summed E-state index contributed by atoms with van der Waals surface area (Å²) in [5.41, 5.74) is 1.83. The zero-order valence-corrected chi connectivity index (χ0v) is 17.9. The Morgan fingerprint density at radius 2 is 1.94 bits per heavy atom. The van der Waals surface area contributed by atoms with Crippen molar-refractivity contribution < 1.29 is 22.7 Å². The average Bonchev–Trinajstić information content (AvgIpc) is 2.78. The summed E-state index contributed by atoms with van der Waals surface area (Å²) in [6, 6.07) is 14.9. The van der Waals surface area contributed by atoms with E-state index in [1.807, 2.05) is 48.5 Å². The van der Waals surface area contributed by atoms with Crippen LogP contribution in [0.1, 0.15) is 29.5 Å². The number of hydrogen-bond acceptors (Lipinski definition) is 5. The maximum Gasteiger partial charge on any atom is 0.407 e. The van der Waals surface area contributed by atoms with Crippen LogP contribution in [0.2, 0.25) is 0 Å². The zero-order chi connectivity index (χ0) is 21.9. The molecular weight excluding hydrogens is 416 g/mol. The highest BCUT2D eigenvalue weighted by Gasteiger charge is 2.45. The van der Waals surface area contributed by atoms with Crippen LogP contribution in [0, 0.1) is 6.57 Å². The molecule has 0 unspecified atom stereocenters. The number of hydrogen-bond donors (Lipinski definition) is 1. The summed E-state index contributed by atoms with van der Waals surface area (Å²) in [5, 5.41) is 2.83. The first kappa shape index (κ1) is 21.2. The molecule has 0 aromatic heterocycles. The predicted molar refractivity (Wildman–Crippen MR) is 115 cm³/mol. The van der Waals surface area contributed by atoms with Gasteiger partial charge >= 0.3 is 6.09 Å². The number of nitrogens with one attached hydrogen (secondary N) is 1. The number of sulfone groups is 1. The molecule has 7 nitrogen and oxygen atoms in total. The maximum atomic E-state index is 12.1. The van der Waals surface area contributed by atoms with Crippen molar-refractivity contribution >= 4 is 15.9 Å². The van der Waals surface area contributed by atoms with Crippen molar-refractivity contribution in [2.24, 2.45) is 0 Å². The third-order valence-electron chi connectivity index (χ3n) is 5.91. The Bertz CT molecular complexity index is 1090. The average molecular weight is 441 g/mol. The van der Waals surface area contributed by atoms with E-state index >= 15 is 0 Å². The van der Waals surface area contributed by atoms with Gasteiger partial charge in [-0.1, -0.05) is 42.5 Å². The first-order valence-corrected chi connectivity index (χ1v) is 12.0. The Hall–Kier alpha value is -3.05. The van der Waals surface area contributed by atoms with E-state index in [-0.39, 0.29) is 24.2 Å². The van der Waals surface area contributed by atoms with Gasteiger partial charge in [0.1, 0.15) is 19.0 Å². The second-order valence-corrected chi connectivity index (χ2v) is 10.3. The van der Waals surface area contributed by atoms with E-state index in [0.717, 1.165) is 16.7 Å². The second-order valence-electron chi connectivity index (χ2n) is 8.04. The molecule has 0 saturated carbocycles. The second kappa shape index (κ2) is 8.60. The summed E-state index contributed by atoms with van der Waals surface area (Å²) in [5.74, 6) is 0.749. The molecule has 8 heteroatoms. The van der Waals surface area contributed by atoms with E-state index in [1.54, 1.807) is 0 Å². The Labute approximate surface area is 182 Å². The number of nitrogens with zero attached hydrogens (tertiary/aromatic N) is 1. The number of amides is 1. The fraction of sp³-hybridized carbons (Fsp3) is 0.391. The molecule has 0 spiro atoms. The molecule has 0 aliphatic carbocycles. The normalized spacial score (nSPS) is 21.1. The topological polar surface area (TPSA) is 86.1 Å². The molecule has 0 radical (unpaired) electrons. The van der Waals surface area contributed by atoms with Gasteiger partial charge in [0, 0.05) is 18.4 Å². The molecule has 1 atom stereocenters. The molecule has 31 heavy (non-hydrogen) atoms. The standard InChI is InChI=1S/C23H24N2O5S/c1-24-23(9-11-31(27,28)12-10-23)19-8-7-18-13-20(16-29-21(18)14-19)25-22(26)30-15-17-5-3-2-4-6-17/h2-8,14,20H,9-13,15-16H2,(H,25,26)/t20-/m1/s1. The van der Waals surface area contributed by atoms with Gasteiger partial charge in [0.2, 0.25) is 0 Å². The lowest BCUT2D eigenvalue weighted by Gasteiger charge is -2.29. The number of rotatable bonds is 4. The minimum Gasteiger partial charge on any atom is -0.491 e. The van der Waals surface area contributed by atoms with Gasteiger partial charge in [-0.15, -0.1) is 0 Å². The molecule has 1 fully saturated rings. The van der Waals surface area contributed by atoms with E-state index in [2.05, 4.69) is 10.2 Å². The predicted octanol–water partition coefficient (Wildman–Crippen LogP) is 3.24. The maximum absolute atomic E-state index is 12.1. The van der Waals surface area contributed by atoms with Gasteiger partial charge in [0.25, 0.3) is 5.54 Å². The zero-order valence-electron chi connectivity index (χ0n) is 17.0. The van der Waals surface area contributed by atoms with E-state index in [4.69, 9.17) is 16.0 Å². The fourth-order valence-corrected chi connectivity index (χ4v) is 5.53. The summed E-state index contributed by atoms with van der Waals surface area (Å²) in [6.07, 6.45) is 0.701. The summed E-state index contributed by atoms with van der Waals surface area (Å²) in [7, 11) is -3.06. The van der Waals surface area contributed by atoms with Crippen molar-refractivity contribution in [3.8, 4) is 5.75 Å². The van der Waals surface area contributed by atoms with Crippen LogP contribution in [-0.4, -0.2) is 38.7 Å². The Morgan fingerprint density at radius 1 is 1.19 bits per heavy atom. The van der Waals surface area contributed by atoms with Crippen LogP contribution < -0.4 is 10.1 Å². The van der Waals surface area contributed by atoms with Crippen molar-refractivity contribution in [3.05, 3.63) is 76.6 Å². The summed E-state index contributed by atoms with van der Waals surface area (Å²) in [6.45, 7) is 8.20. The van der Waals surface area contributed by atoms with E-state index in [0.29, 0.717) is 31.6 Å². The lowest BCUT2D eigenvalue weighted by molar-refractivity contribution is 0.128. The minimum absolute atomic E-state index is 0.0322. The van der Waals surface area contributed by atoms with E-state index in [1.165, 1.54) is 0 Å². The highest BCUT2D eigenvalue weighted by atomic mass is 32.2. The van der Waals surface area contributed by atoms with Crippen molar-refractivity contribution in [3.63, 3.8) is 0 Å². The van der Waals surface area contributed by atoms with Gasteiger partial charge in [-0.2, -0.15) is 0 Å². The number of alkyl carbamates (subject to hydrolysis) is 1. The molecule has 2 aromatic carbocycles. The summed E-state index contributed by atoms with van der Waals surface area (Å²) < 4.78 is 34.7. The first-order chi connectivity index (χ1) is 14.9. The molecule has 2 aliphatic heterocycles. The first-order valence-electron chi connectivity index (χ1n) is 10.2. The van der Waals surface area contributed by atoms with Gasteiger partial charge in [-0.25, -0.2) is 19.8 Å². The largest absolute Gasteiger partial charge is 0.491 e. The van der Waals surface area contributed by atoms with Gasteiger partial charge in [-0.05, 0) is 23.6 Å². The number of fused-ring (bicyclic) bond motifs is 1. The van der Waals surface area contributed by atoms with Gasteiger partial charge in [-0.3, -0.25) is 0 Å². The third kappa shape index (κ3) is 4.83. The molecule has 1 amide bonds. The van der Waals surface area contributed by atoms with Crippen LogP contribution in [0.5, 0.6) is 5.75 Å². The van der Waals surface area contributed by atoms with Crippen LogP contribution in [0.15, 0.2) is 48.5 Å². The third-order valence-corrected chi connectivity index (χ3v) is 7.57. The Balaban J connectivity index is 1.38. The Kier molecular flexibility index (Phi) is 5.88. The summed E-state index contributed by atoms with van der Waals surface area (Å²) >= 11 is 0.